The van der Waals surface area contributed by atoms with Gasteiger partial charge in [-0.1, -0.05) is 12.1 Å². The highest BCUT2D eigenvalue weighted by molar-refractivity contribution is 5.88. The van der Waals surface area contributed by atoms with E-state index in [0.29, 0.717) is 13.0 Å². The van der Waals surface area contributed by atoms with Crippen LogP contribution in [0.25, 0.3) is 0 Å². The lowest BCUT2D eigenvalue weighted by Gasteiger charge is -2.12. The van der Waals surface area contributed by atoms with Crippen LogP contribution in [0.2, 0.25) is 0 Å². The summed E-state index contributed by atoms with van der Waals surface area (Å²) >= 11 is 0. The van der Waals surface area contributed by atoms with Crippen LogP contribution in [0.5, 0.6) is 0 Å². The Hall–Kier alpha value is -2.37. The molecular weight excluding hydrogens is 260 g/mol. The van der Waals surface area contributed by atoms with E-state index < -0.39 is 5.97 Å². The van der Waals surface area contributed by atoms with Crippen LogP contribution in [0.15, 0.2) is 24.3 Å². The number of hydrogen-bond donors (Lipinski definition) is 2. The summed E-state index contributed by atoms with van der Waals surface area (Å²) in [6.07, 6.45) is 0.508. The molecule has 0 aromatic heterocycles. The first-order valence-electron chi connectivity index (χ1n) is 6.31. The van der Waals surface area contributed by atoms with E-state index in [-0.39, 0.29) is 29.8 Å². The molecule has 1 aliphatic rings. The van der Waals surface area contributed by atoms with E-state index in [9.17, 15) is 14.4 Å². The number of carboxylic acids is 1. The third-order valence-electron chi connectivity index (χ3n) is 3.27. The van der Waals surface area contributed by atoms with Crippen LogP contribution in [0.4, 0.5) is 0 Å². The van der Waals surface area contributed by atoms with Crippen LogP contribution in [-0.2, 0) is 16.0 Å². The summed E-state index contributed by atoms with van der Waals surface area (Å²) in [4.78, 5) is 35.5. The van der Waals surface area contributed by atoms with E-state index in [1.165, 1.54) is 12.1 Å². The van der Waals surface area contributed by atoms with Crippen LogP contribution in [0.3, 0.4) is 0 Å². The minimum absolute atomic E-state index is 0.0288. The van der Waals surface area contributed by atoms with Crippen molar-refractivity contribution in [3.63, 3.8) is 0 Å². The minimum Gasteiger partial charge on any atom is -0.478 e. The quantitative estimate of drug-likeness (QED) is 0.826. The maximum Gasteiger partial charge on any atom is 0.335 e. The summed E-state index contributed by atoms with van der Waals surface area (Å²) in [5.74, 6) is -1.13. The molecule has 20 heavy (non-hydrogen) atoms. The van der Waals surface area contributed by atoms with Crippen molar-refractivity contribution >= 4 is 17.8 Å². The second-order valence-corrected chi connectivity index (χ2v) is 4.92. The Kier molecular flexibility index (Phi) is 4.02. The van der Waals surface area contributed by atoms with Gasteiger partial charge in [-0.25, -0.2) is 4.79 Å². The number of carbonyl (C=O) groups is 3. The zero-order valence-corrected chi connectivity index (χ0v) is 11.1. The third kappa shape index (κ3) is 3.34. The molecule has 6 nitrogen and oxygen atoms in total. The molecule has 2 rings (SSSR count). The molecule has 1 atom stereocenters. The van der Waals surface area contributed by atoms with Gasteiger partial charge >= 0.3 is 5.97 Å². The first-order valence-corrected chi connectivity index (χ1v) is 6.31. The van der Waals surface area contributed by atoms with E-state index in [1.54, 1.807) is 24.1 Å². The second kappa shape index (κ2) is 5.73. The highest BCUT2D eigenvalue weighted by Crippen LogP contribution is 2.09. The Morgan fingerprint density at radius 2 is 2.00 bits per heavy atom. The van der Waals surface area contributed by atoms with E-state index in [4.69, 9.17) is 5.11 Å². The number of benzene rings is 1. The van der Waals surface area contributed by atoms with Gasteiger partial charge < -0.3 is 15.3 Å². The van der Waals surface area contributed by atoms with Crippen LogP contribution in [-0.4, -0.2) is 47.4 Å². The molecule has 1 aliphatic heterocycles. The molecule has 0 radical (unpaired) electrons. The van der Waals surface area contributed by atoms with Gasteiger partial charge in [0.2, 0.25) is 11.8 Å². The van der Waals surface area contributed by atoms with E-state index in [0.717, 1.165) is 5.56 Å². The predicted octanol–water partition coefficient (Wildman–Crippen LogP) is 0.274. The molecule has 1 aromatic rings. The fourth-order valence-electron chi connectivity index (χ4n) is 2.19. The number of nitrogens with zero attached hydrogens (tertiary/aromatic N) is 1. The van der Waals surface area contributed by atoms with Gasteiger partial charge in [-0.05, 0) is 17.7 Å². The summed E-state index contributed by atoms with van der Waals surface area (Å²) in [5, 5.41) is 11.6. The lowest BCUT2D eigenvalue weighted by atomic mass is 10.1. The summed E-state index contributed by atoms with van der Waals surface area (Å²) in [6, 6.07) is 6.04. The number of likely N-dealkylation sites (tertiary alicyclic amines) is 1. The highest BCUT2D eigenvalue weighted by Gasteiger charge is 2.27. The summed E-state index contributed by atoms with van der Waals surface area (Å²) in [5.41, 5.74) is 0.933. The number of aromatic carboxylic acids is 1. The zero-order chi connectivity index (χ0) is 14.7. The van der Waals surface area contributed by atoms with Gasteiger partial charge in [0, 0.05) is 20.0 Å². The van der Waals surface area contributed by atoms with Crippen molar-refractivity contribution in [3.8, 4) is 0 Å². The molecule has 2 amide bonds. The van der Waals surface area contributed by atoms with Crippen molar-refractivity contribution in [1.82, 2.24) is 10.2 Å². The lowest BCUT2D eigenvalue weighted by Crippen LogP contribution is -2.37. The van der Waals surface area contributed by atoms with Gasteiger partial charge in [0.1, 0.15) is 0 Å². The standard InChI is InChI=1S/C14H16N2O4/c1-16-8-11(7-13(16)18)15-12(17)6-9-2-4-10(5-3-9)14(19)20/h2-5,11H,6-8H2,1H3,(H,15,17)(H,19,20). The van der Waals surface area contributed by atoms with Gasteiger partial charge in [-0.3, -0.25) is 9.59 Å². The topological polar surface area (TPSA) is 86.7 Å². The van der Waals surface area contributed by atoms with E-state index in [2.05, 4.69) is 5.32 Å². The monoisotopic (exact) mass is 276 g/mol. The van der Waals surface area contributed by atoms with Crippen molar-refractivity contribution in [1.29, 1.82) is 0 Å². The Morgan fingerprint density at radius 1 is 1.35 bits per heavy atom. The summed E-state index contributed by atoms with van der Waals surface area (Å²) in [7, 11) is 1.71. The molecular formula is C14H16N2O4. The molecule has 106 valence electrons. The third-order valence-corrected chi connectivity index (χ3v) is 3.27. The maximum atomic E-state index is 11.8. The molecule has 0 saturated carbocycles. The highest BCUT2D eigenvalue weighted by atomic mass is 16.4. The van der Waals surface area contributed by atoms with Crippen molar-refractivity contribution in [2.75, 3.05) is 13.6 Å². The fourth-order valence-corrected chi connectivity index (χ4v) is 2.19. The van der Waals surface area contributed by atoms with Gasteiger partial charge in [0.25, 0.3) is 0 Å². The van der Waals surface area contributed by atoms with Gasteiger partial charge in [-0.2, -0.15) is 0 Å². The Bertz CT molecular complexity index is 539. The molecule has 1 unspecified atom stereocenters. The second-order valence-electron chi connectivity index (χ2n) is 4.92. The number of likely N-dealkylation sites (N-methyl/N-ethyl adjacent to an activating group) is 1. The first-order chi connectivity index (χ1) is 9.45. The largest absolute Gasteiger partial charge is 0.478 e. The number of amides is 2. The molecule has 2 N–H and O–H groups in total. The molecule has 1 heterocycles. The molecule has 6 heteroatoms. The van der Waals surface area contributed by atoms with E-state index >= 15 is 0 Å². The predicted molar refractivity (Wildman–Crippen MR) is 71.3 cm³/mol. The fraction of sp³-hybridized carbons (Fsp3) is 0.357. The van der Waals surface area contributed by atoms with Crippen molar-refractivity contribution in [2.24, 2.45) is 0 Å². The minimum atomic E-state index is -0.992. The Morgan fingerprint density at radius 3 is 2.50 bits per heavy atom. The Labute approximate surface area is 116 Å². The SMILES string of the molecule is CN1CC(NC(=O)Cc2ccc(C(=O)O)cc2)CC1=O. The molecule has 1 aromatic carbocycles. The Balaban J connectivity index is 1.88. The zero-order valence-electron chi connectivity index (χ0n) is 11.1. The van der Waals surface area contributed by atoms with Crippen molar-refractivity contribution in [2.45, 2.75) is 18.9 Å². The maximum absolute atomic E-state index is 11.8. The average molecular weight is 276 g/mol. The van der Waals surface area contributed by atoms with Gasteiger partial charge in [-0.15, -0.1) is 0 Å². The number of hydrogen-bond acceptors (Lipinski definition) is 3. The van der Waals surface area contributed by atoms with Crippen LogP contribution in [0, 0.1) is 0 Å². The first kappa shape index (κ1) is 14.0. The van der Waals surface area contributed by atoms with Crippen LogP contribution in [0.1, 0.15) is 22.3 Å². The van der Waals surface area contributed by atoms with Gasteiger partial charge in [0.15, 0.2) is 0 Å². The van der Waals surface area contributed by atoms with E-state index in [1.807, 2.05) is 0 Å². The number of nitrogens with one attached hydrogen (secondary N) is 1. The summed E-state index contributed by atoms with van der Waals surface area (Å²) in [6.45, 7) is 0.530. The van der Waals surface area contributed by atoms with Gasteiger partial charge in [0.05, 0.1) is 18.0 Å². The van der Waals surface area contributed by atoms with Crippen LogP contribution < -0.4 is 5.32 Å². The lowest BCUT2D eigenvalue weighted by molar-refractivity contribution is -0.126. The molecule has 0 aliphatic carbocycles. The number of rotatable bonds is 4. The average Bonchev–Trinajstić information content (AvgIpc) is 2.68. The molecule has 0 spiro atoms. The normalized spacial score (nSPS) is 18.1. The molecule has 0 bridgehead atoms. The smallest absolute Gasteiger partial charge is 0.335 e. The molecule has 1 fully saturated rings. The van der Waals surface area contributed by atoms with Crippen LogP contribution >= 0.6 is 0 Å². The van der Waals surface area contributed by atoms with Crippen molar-refractivity contribution < 1.29 is 19.5 Å². The van der Waals surface area contributed by atoms with Crippen molar-refractivity contribution in [3.05, 3.63) is 35.4 Å². The summed E-state index contributed by atoms with van der Waals surface area (Å²) < 4.78 is 0. The molecule has 1 saturated heterocycles. The number of carboxylic acid groups (broad SMARTS) is 1. The number of carbonyl (C=O) groups excluding carboxylic acids is 2.